The van der Waals surface area contributed by atoms with E-state index in [4.69, 9.17) is 0 Å². The average Bonchev–Trinajstić information content (AvgIpc) is 2.80. The number of amides is 4. The summed E-state index contributed by atoms with van der Waals surface area (Å²) in [4.78, 5) is 38.8. The van der Waals surface area contributed by atoms with E-state index < -0.39 is 0 Å². The van der Waals surface area contributed by atoms with E-state index in [0.717, 1.165) is 12.0 Å². The van der Waals surface area contributed by atoms with Gasteiger partial charge in [0.25, 0.3) is 0 Å². The van der Waals surface area contributed by atoms with E-state index >= 15 is 0 Å². The maximum absolute atomic E-state index is 12.6. The predicted octanol–water partition coefficient (Wildman–Crippen LogP) is 0.943. The fourth-order valence-corrected chi connectivity index (χ4v) is 3.06. The number of hydrogen-bond acceptors (Lipinski definition) is 3. The Kier molecular flexibility index (Phi) is 3.83. The summed E-state index contributed by atoms with van der Waals surface area (Å²) in [5.41, 5.74) is 1.01. The number of benzene rings is 1. The van der Waals surface area contributed by atoms with Gasteiger partial charge in [-0.2, -0.15) is 0 Å². The molecule has 1 atom stereocenters. The summed E-state index contributed by atoms with van der Waals surface area (Å²) in [5, 5.41) is 2.51. The first kappa shape index (κ1) is 14.6. The molecule has 0 bridgehead atoms. The van der Waals surface area contributed by atoms with Crippen molar-refractivity contribution in [3.63, 3.8) is 0 Å². The van der Waals surface area contributed by atoms with Crippen molar-refractivity contribution >= 4 is 17.8 Å². The summed E-state index contributed by atoms with van der Waals surface area (Å²) in [7, 11) is 0. The second kappa shape index (κ2) is 5.79. The van der Waals surface area contributed by atoms with Crippen molar-refractivity contribution in [1.82, 2.24) is 15.1 Å². The Labute approximate surface area is 129 Å². The molecule has 0 saturated carbocycles. The smallest absolute Gasteiger partial charge is 0.324 e. The lowest BCUT2D eigenvalue weighted by atomic mass is 9.93. The van der Waals surface area contributed by atoms with Crippen LogP contribution in [0.4, 0.5) is 4.79 Å². The van der Waals surface area contributed by atoms with Gasteiger partial charge in [-0.25, -0.2) is 4.79 Å². The minimum Gasteiger partial charge on any atom is -0.338 e. The van der Waals surface area contributed by atoms with E-state index in [2.05, 4.69) is 5.32 Å². The van der Waals surface area contributed by atoms with Gasteiger partial charge in [0, 0.05) is 13.1 Å². The van der Waals surface area contributed by atoms with Crippen LogP contribution in [0.3, 0.4) is 0 Å². The lowest BCUT2D eigenvalue weighted by molar-refractivity contribution is -0.143. The number of imide groups is 1. The normalized spacial score (nSPS) is 19.9. The Balaban J connectivity index is 1.63. The molecule has 6 nitrogen and oxygen atoms in total. The number of urea groups is 1. The highest BCUT2D eigenvalue weighted by Crippen LogP contribution is 2.26. The molecule has 116 valence electrons. The molecule has 2 saturated heterocycles. The monoisotopic (exact) mass is 301 g/mol. The quantitative estimate of drug-likeness (QED) is 0.842. The first-order valence-corrected chi connectivity index (χ1v) is 7.55. The van der Waals surface area contributed by atoms with Gasteiger partial charge in [-0.05, 0) is 12.0 Å². The van der Waals surface area contributed by atoms with Crippen molar-refractivity contribution in [1.29, 1.82) is 0 Å². The van der Waals surface area contributed by atoms with Crippen LogP contribution >= 0.6 is 0 Å². The van der Waals surface area contributed by atoms with Crippen LogP contribution in [0.2, 0.25) is 0 Å². The Morgan fingerprint density at radius 2 is 1.95 bits per heavy atom. The van der Waals surface area contributed by atoms with Gasteiger partial charge in [-0.1, -0.05) is 37.3 Å². The van der Waals surface area contributed by atoms with Crippen LogP contribution in [0, 0.1) is 0 Å². The van der Waals surface area contributed by atoms with Crippen LogP contribution in [0.25, 0.3) is 0 Å². The molecule has 0 radical (unpaired) electrons. The number of carbonyl (C=O) groups is 3. The number of nitrogens with one attached hydrogen (secondary N) is 1. The predicted molar refractivity (Wildman–Crippen MR) is 80.1 cm³/mol. The molecule has 1 aromatic carbocycles. The second-order valence-electron chi connectivity index (χ2n) is 5.69. The highest BCUT2D eigenvalue weighted by atomic mass is 16.2. The fraction of sp³-hybridized carbons (Fsp3) is 0.438. The van der Waals surface area contributed by atoms with Crippen LogP contribution in [0.5, 0.6) is 0 Å². The van der Waals surface area contributed by atoms with E-state index in [1.807, 2.05) is 37.3 Å². The molecule has 2 aliphatic rings. The molecule has 2 heterocycles. The molecule has 2 aliphatic heterocycles. The average molecular weight is 301 g/mol. The van der Waals surface area contributed by atoms with Gasteiger partial charge in [0.1, 0.15) is 0 Å². The highest BCUT2D eigenvalue weighted by molar-refractivity contribution is 6.02. The molecule has 4 amide bonds. The van der Waals surface area contributed by atoms with Crippen molar-refractivity contribution in [2.45, 2.75) is 25.3 Å². The molecular weight excluding hydrogens is 282 g/mol. The fourth-order valence-electron chi connectivity index (χ4n) is 3.06. The number of rotatable bonds is 4. The third-order valence-corrected chi connectivity index (χ3v) is 4.33. The minimum absolute atomic E-state index is 0.0604. The standard InChI is InChI=1S/C16H19N3O3/c1-2-13(11-6-4-3-5-7-11)15(21)18-9-12(10-18)19-14(20)8-17-16(19)22/h3-7,12-13H,2,8-10H2,1H3,(H,17,22). The summed E-state index contributed by atoms with van der Waals surface area (Å²) in [6.45, 7) is 2.91. The zero-order valence-corrected chi connectivity index (χ0v) is 12.5. The van der Waals surface area contributed by atoms with Crippen molar-refractivity contribution in [3.05, 3.63) is 35.9 Å². The van der Waals surface area contributed by atoms with Gasteiger partial charge in [0.15, 0.2) is 0 Å². The van der Waals surface area contributed by atoms with Crippen LogP contribution in [0.15, 0.2) is 30.3 Å². The third-order valence-electron chi connectivity index (χ3n) is 4.33. The third kappa shape index (κ3) is 2.45. The van der Waals surface area contributed by atoms with Gasteiger partial charge in [-0.3, -0.25) is 14.5 Å². The number of hydrogen-bond donors (Lipinski definition) is 1. The van der Waals surface area contributed by atoms with E-state index in [0.29, 0.717) is 13.1 Å². The molecule has 1 aromatic rings. The Morgan fingerprint density at radius 1 is 1.27 bits per heavy atom. The maximum Gasteiger partial charge on any atom is 0.324 e. The first-order chi connectivity index (χ1) is 10.6. The first-order valence-electron chi connectivity index (χ1n) is 7.55. The molecule has 0 aliphatic carbocycles. The second-order valence-corrected chi connectivity index (χ2v) is 5.69. The summed E-state index contributed by atoms with van der Waals surface area (Å²) in [6, 6.07) is 9.17. The number of nitrogens with zero attached hydrogens (tertiary/aromatic N) is 2. The molecule has 1 unspecified atom stereocenters. The summed E-state index contributed by atoms with van der Waals surface area (Å²) in [6.07, 6.45) is 0.729. The summed E-state index contributed by atoms with van der Waals surface area (Å²) in [5.74, 6) is -0.306. The summed E-state index contributed by atoms with van der Waals surface area (Å²) >= 11 is 0. The van der Waals surface area contributed by atoms with E-state index in [1.54, 1.807) is 4.90 Å². The van der Waals surface area contributed by atoms with E-state index in [9.17, 15) is 14.4 Å². The molecule has 22 heavy (non-hydrogen) atoms. The molecule has 2 fully saturated rings. The zero-order chi connectivity index (χ0) is 15.7. The maximum atomic E-state index is 12.6. The van der Waals surface area contributed by atoms with Gasteiger partial charge in [0.05, 0.1) is 18.5 Å². The topological polar surface area (TPSA) is 69.7 Å². The number of carbonyl (C=O) groups excluding carboxylic acids is 3. The highest BCUT2D eigenvalue weighted by Gasteiger charge is 2.43. The van der Waals surface area contributed by atoms with E-state index in [-0.39, 0.29) is 36.3 Å². The molecule has 1 N–H and O–H groups in total. The van der Waals surface area contributed by atoms with Crippen molar-refractivity contribution in [2.24, 2.45) is 0 Å². The molecule has 6 heteroatoms. The summed E-state index contributed by atoms with van der Waals surface area (Å²) < 4.78 is 0. The lowest BCUT2D eigenvalue weighted by Crippen LogP contribution is -2.63. The largest absolute Gasteiger partial charge is 0.338 e. The van der Waals surface area contributed by atoms with Crippen LogP contribution in [-0.2, 0) is 9.59 Å². The van der Waals surface area contributed by atoms with Crippen molar-refractivity contribution in [3.8, 4) is 0 Å². The Bertz CT molecular complexity index is 580. The van der Waals surface area contributed by atoms with Crippen molar-refractivity contribution < 1.29 is 14.4 Å². The van der Waals surface area contributed by atoms with Gasteiger partial charge in [-0.15, -0.1) is 0 Å². The van der Waals surface area contributed by atoms with Crippen molar-refractivity contribution in [2.75, 3.05) is 19.6 Å². The number of likely N-dealkylation sites (tertiary alicyclic amines) is 1. The molecular formula is C16H19N3O3. The molecule has 3 rings (SSSR count). The van der Waals surface area contributed by atoms with Crippen LogP contribution in [0.1, 0.15) is 24.8 Å². The van der Waals surface area contributed by atoms with E-state index in [1.165, 1.54) is 4.90 Å². The zero-order valence-electron chi connectivity index (χ0n) is 12.5. The Morgan fingerprint density at radius 3 is 2.50 bits per heavy atom. The minimum atomic E-state index is -0.350. The van der Waals surface area contributed by atoms with Crippen LogP contribution in [-0.4, -0.2) is 53.3 Å². The lowest BCUT2D eigenvalue weighted by Gasteiger charge is -2.43. The van der Waals surface area contributed by atoms with Gasteiger partial charge >= 0.3 is 6.03 Å². The van der Waals surface area contributed by atoms with Gasteiger partial charge < -0.3 is 10.2 Å². The molecule has 0 spiro atoms. The Hall–Kier alpha value is -2.37. The van der Waals surface area contributed by atoms with Gasteiger partial charge in [0.2, 0.25) is 11.8 Å². The van der Waals surface area contributed by atoms with Crippen LogP contribution < -0.4 is 5.32 Å². The SMILES string of the molecule is CCC(C(=O)N1CC(N2C(=O)CNC2=O)C1)c1ccccc1. The molecule has 0 aromatic heterocycles.